The van der Waals surface area contributed by atoms with E-state index >= 15 is 0 Å². The Morgan fingerprint density at radius 3 is 2.12 bits per heavy atom. The summed E-state index contributed by atoms with van der Waals surface area (Å²) in [6, 6.07) is 16.9. The number of sulfonamides is 1. The van der Waals surface area contributed by atoms with Crippen molar-refractivity contribution in [2.24, 2.45) is 5.92 Å². The molecule has 2 heterocycles. The predicted molar refractivity (Wildman–Crippen MR) is 124 cm³/mol. The summed E-state index contributed by atoms with van der Waals surface area (Å²) in [4.78, 5) is 15.1. The van der Waals surface area contributed by atoms with Gasteiger partial charge in [-0.25, -0.2) is 8.42 Å². The molecule has 0 spiro atoms. The van der Waals surface area contributed by atoms with E-state index in [1.54, 1.807) is 24.3 Å². The van der Waals surface area contributed by atoms with E-state index in [9.17, 15) is 13.2 Å². The van der Waals surface area contributed by atoms with E-state index in [2.05, 4.69) is 24.3 Å². The molecule has 2 aliphatic heterocycles. The molecule has 172 valence electrons. The lowest BCUT2D eigenvalue weighted by molar-refractivity contribution is -0.0440. The molecule has 0 bridgehead atoms. The number of carbonyl (C=O) groups excluding carboxylic acids is 1. The number of carbonyl (C=O) groups is 1. The lowest BCUT2D eigenvalue weighted by Crippen LogP contribution is -2.48. The van der Waals surface area contributed by atoms with Crippen molar-refractivity contribution in [1.82, 2.24) is 9.21 Å². The highest BCUT2D eigenvalue weighted by atomic mass is 32.2. The molecular formula is C25H32N2O4S. The van der Waals surface area contributed by atoms with Crippen LogP contribution in [0, 0.1) is 5.92 Å². The molecule has 2 aromatic rings. The highest BCUT2D eigenvalue weighted by Crippen LogP contribution is 2.25. The summed E-state index contributed by atoms with van der Waals surface area (Å²) in [6.07, 6.45) is 2.74. The van der Waals surface area contributed by atoms with Crippen LogP contribution < -0.4 is 0 Å². The number of ether oxygens (including phenoxy) is 1. The summed E-state index contributed by atoms with van der Waals surface area (Å²) >= 11 is 0. The second-order valence-corrected chi connectivity index (χ2v) is 11.0. The number of benzene rings is 2. The van der Waals surface area contributed by atoms with E-state index in [1.165, 1.54) is 9.87 Å². The molecule has 2 aliphatic rings. The average molecular weight is 457 g/mol. The second kappa shape index (κ2) is 9.73. The Bertz CT molecular complexity index is 1010. The summed E-state index contributed by atoms with van der Waals surface area (Å²) in [6.45, 7) is 5.91. The zero-order valence-electron chi connectivity index (χ0n) is 18.8. The zero-order chi connectivity index (χ0) is 22.7. The Balaban J connectivity index is 1.36. The van der Waals surface area contributed by atoms with Crippen LogP contribution in [0.3, 0.4) is 0 Å². The number of rotatable bonds is 5. The lowest BCUT2D eigenvalue weighted by atomic mass is 9.90. The van der Waals surface area contributed by atoms with Crippen LogP contribution in [0.15, 0.2) is 59.5 Å². The molecule has 2 fully saturated rings. The maximum atomic E-state index is 13.0. The van der Waals surface area contributed by atoms with E-state index in [-0.39, 0.29) is 23.0 Å². The largest absolute Gasteiger partial charge is 0.373 e. The number of nitrogens with zero attached hydrogens (tertiary/aromatic N) is 2. The van der Waals surface area contributed by atoms with Crippen LogP contribution in [0.2, 0.25) is 0 Å². The molecule has 2 aromatic carbocycles. The first-order valence-corrected chi connectivity index (χ1v) is 12.9. The Kier molecular flexibility index (Phi) is 6.98. The normalized spacial score (nSPS) is 23.2. The summed E-state index contributed by atoms with van der Waals surface area (Å²) < 4.78 is 33.2. The lowest BCUT2D eigenvalue weighted by Gasteiger charge is -2.34. The zero-order valence-corrected chi connectivity index (χ0v) is 19.6. The summed E-state index contributed by atoms with van der Waals surface area (Å²) in [5.74, 6) is 0.563. The van der Waals surface area contributed by atoms with Gasteiger partial charge in [-0.05, 0) is 68.9 Å². The van der Waals surface area contributed by atoms with Gasteiger partial charge in [0.2, 0.25) is 10.0 Å². The molecule has 0 aliphatic carbocycles. The van der Waals surface area contributed by atoms with E-state index in [0.29, 0.717) is 24.6 Å². The number of hydrogen-bond donors (Lipinski definition) is 0. The third-order valence-electron chi connectivity index (χ3n) is 6.39. The monoisotopic (exact) mass is 456 g/mol. The van der Waals surface area contributed by atoms with Gasteiger partial charge in [-0.15, -0.1) is 0 Å². The number of likely N-dealkylation sites (tertiary alicyclic amines) is 1. The van der Waals surface area contributed by atoms with Gasteiger partial charge in [0.05, 0.1) is 17.1 Å². The molecule has 2 saturated heterocycles. The van der Waals surface area contributed by atoms with Gasteiger partial charge in [0.15, 0.2) is 0 Å². The Hall–Kier alpha value is -2.22. The van der Waals surface area contributed by atoms with Gasteiger partial charge >= 0.3 is 0 Å². The first-order valence-electron chi connectivity index (χ1n) is 11.4. The van der Waals surface area contributed by atoms with Crippen molar-refractivity contribution in [2.45, 2.75) is 50.2 Å². The van der Waals surface area contributed by atoms with Crippen molar-refractivity contribution in [3.63, 3.8) is 0 Å². The molecule has 32 heavy (non-hydrogen) atoms. The van der Waals surface area contributed by atoms with Gasteiger partial charge in [-0.3, -0.25) is 4.79 Å². The molecule has 0 N–H and O–H groups in total. The van der Waals surface area contributed by atoms with E-state index in [1.807, 2.05) is 24.8 Å². The smallest absolute Gasteiger partial charge is 0.253 e. The van der Waals surface area contributed by atoms with Crippen LogP contribution in [0.4, 0.5) is 0 Å². The van der Waals surface area contributed by atoms with Crippen molar-refractivity contribution < 1.29 is 17.9 Å². The van der Waals surface area contributed by atoms with Crippen molar-refractivity contribution >= 4 is 15.9 Å². The van der Waals surface area contributed by atoms with E-state index < -0.39 is 10.0 Å². The van der Waals surface area contributed by atoms with Crippen molar-refractivity contribution in [3.05, 3.63) is 65.7 Å². The molecule has 0 saturated carbocycles. The minimum absolute atomic E-state index is 0.0271. The molecule has 1 amide bonds. The molecule has 2 unspecified atom stereocenters. The fraction of sp³-hybridized carbons (Fsp3) is 0.480. The highest BCUT2D eigenvalue weighted by Gasteiger charge is 2.32. The number of hydrogen-bond acceptors (Lipinski definition) is 4. The van der Waals surface area contributed by atoms with Crippen LogP contribution in [-0.4, -0.2) is 61.9 Å². The van der Waals surface area contributed by atoms with Crippen LogP contribution in [0.25, 0.3) is 0 Å². The van der Waals surface area contributed by atoms with Crippen LogP contribution in [0.1, 0.15) is 42.6 Å². The SMILES string of the molecule is CC1CN(S(=O)(=O)c2ccc(C(=O)N3CCC(Cc4ccccc4)CC3)cc2)CC(C)O1. The molecule has 0 aromatic heterocycles. The molecule has 2 atom stereocenters. The Labute approximate surface area is 191 Å². The minimum atomic E-state index is -3.60. The molecule has 4 rings (SSSR count). The fourth-order valence-corrected chi connectivity index (χ4v) is 6.31. The summed E-state index contributed by atoms with van der Waals surface area (Å²) in [7, 11) is -3.60. The van der Waals surface area contributed by atoms with Gasteiger partial charge in [-0.1, -0.05) is 30.3 Å². The van der Waals surface area contributed by atoms with Crippen molar-refractivity contribution in [1.29, 1.82) is 0 Å². The van der Waals surface area contributed by atoms with Crippen LogP contribution in [-0.2, 0) is 21.2 Å². The van der Waals surface area contributed by atoms with Crippen molar-refractivity contribution in [2.75, 3.05) is 26.2 Å². The average Bonchev–Trinajstić information content (AvgIpc) is 2.79. The topological polar surface area (TPSA) is 66.9 Å². The number of morpholine rings is 1. The molecule has 0 radical (unpaired) electrons. The maximum Gasteiger partial charge on any atom is 0.253 e. The molecular weight excluding hydrogens is 424 g/mol. The second-order valence-electron chi connectivity index (χ2n) is 9.03. The minimum Gasteiger partial charge on any atom is -0.373 e. The first-order chi connectivity index (χ1) is 15.3. The third kappa shape index (κ3) is 5.22. The van der Waals surface area contributed by atoms with Gasteiger partial charge in [0, 0.05) is 31.7 Å². The number of piperidine rings is 1. The maximum absolute atomic E-state index is 13.0. The number of amides is 1. The Morgan fingerprint density at radius 1 is 0.938 bits per heavy atom. The standard InChI is InChI=1S/C25H32N2O4S/c1-19-17-27(18-20(2)31-19)32(29,30)24-10-8-23(9-11-24)25(28)26-14-12-22(13-15-26)16-21-6-4-3-5-7-21/h3-11,19-20,22H,12-18H2,1-2H3. The molecule has 6 nitrogen and oxygen atoms in total. The quantitative estimate of drug-likeness (QED) is 0.690. The van der Waals surface area contributed by atoms with Crippen LogP contribution in [0.5, 0.6) is 0 Å². The summed E-state index contributed by atoms with van der Waals surface area (Å²) in [5, 5.41) is 0. The molecule has 7 heteroatoms. The van der Waals surface area contributed by atoms with Gasteiger partial charge in [0.1, 0.15) is 0 Å². The van der Waals surface area contributed by atoms with Gasteiger partial charge in [0.25, 0.3) is 5.91 Å². The third-order valence-corrected chi connectivity index (χ3v) is 8.24. The summed E-state index contributed by atoms with van der Waals surface area (Å²) in [5.41, 5.74) is 1.88. The van der Waals surface area contributed by atoms with E-state index in [0.717, 1.165) is 32.4 Å². The fourth-order valence-electron chi connectivity index (χ4n) is 4.72. The highest BCUT2D eigenvalue weighted by molar-refractivity contribution is 7.89. The van der Waals surface area contributed by atoms with Crippen LogP contribution >= 0.6 is 0 Å². The Morgan fingerprint density at radius 2 is 1.53 bits per heavy atom. The van der Waals surface area contributed by atoms with Crippen molar-refractivity contribution in [3.8, 4) is 0 Å². The van der Waals surface area contributed by atoms with Gasteiger partial charge < -0.3 is 9.64 Å². The first kappa shape index (κ1) is 23.0. The van der Waals surface area contributed by atoms with Gasteiger partial charge in [-0.2, -0.15) is 4.31 Å². The predicted octanol–water partition coefficient (Wildman–Crippen LogP) is 3.58. The van der Waals surface area contributed by atoms with E-state index in [4.69, 9.17) is 4.74 Å².